The second-order valence-electron chi connectivity index (χ2n) is 4.66. The molecule has 0 saturated carbocycles. The van der Waals surface area contributed by atoms with Gasteiger partial charge in [0.05, 0.1) is 0 Å². The quantitative estimate of drug-likeness (QED) is 0.814. The van der Waals surface area contributed by atoms with Gasteiger partial charge in [-0.05, 0) is 31.2 Å². The van der Waals surface area contributed by atoms with Crippen molar-refractivity contribution in [1.82, 2.24) is 5.32 Å². The number of anilines is 2. The monoisotopic (exact) mass is 219 g/mol. The number of piperazine rings is 1. The minimum atomic E-state index is 0.582. The smallest absolute Gasteiger partial charge is 0.0386 e. The highest BCUT2D eigenvalue weighted by molar-refractivity contribution is 5.56. The lowest BCUT2D eigenvalue weighted by Gasteiger charge is -2.36. The molecule has 1 aliphatic heterocycles. The van der Waals surface area contributed by atoms with Gasteiger partial charge in [-0.1, -0.05) is 0 Å². The van der Waals surface area contributed by atoms with Crippen molar-refractivity contribution < 1.29 is 0 Å². The second kappa shape index (κ2) is 4.74. The predicted octanol–water partition coefficient (Wildman–Crippen LogP) is 1.55. The van der Waals surface area contributed by atoms with Crippen molar-refractivity contribution in [3.8, 4) is 0 Å². The van der Waals surface area contributed by atoms with Crippen LogP contribution >= 0.6 is 0 Å². The van der Waals surface area contributed by atoms with Crippen LogP contribution in [0.4, 0.5) is 11.4 Å². The molecule has 2 rings (SSSR count). The maximum atomic E-state index is 3.41. The SMILES string of the molecule is CC1CNCCN1c1ccc(N(C)C)cc1. The van der Waals surface area contributed by atoms with E-state index in [2.05, 4.69) is 60.4 Å². The van der Waals surface area contributed by atoms with Gasteiger partial charge < -0.3 is 15.1 Å². The van der Waals surface area contributed by atoms with Gasteiger partial charge in [0, 0.05) is 51.1 Å². The van der Waals surface area contributed by atoms with E-state index in [0.717, 1.165) is 19.6 Å². The summed E-state index contributed by atoms with van der Waals surface area (Å²) in [6, 6.07) is 9.39. The summed E-state index contributed by atoms with van der Waals surface area (Å²) in [5.74, 6) is 0. The normalized spacial score (nSPS) is 20.9. The van der Waals surface area contributed by atoms with Crippen LogP contribution in [0.2, 0.25) is 0 Å². The molecule has 3 nitrogen and oxygen atoms in total. The lowest BCUT2D eigenvalue weighted by Crippen LogP contribution is -2.49. The van der Waals surface area contributed by atoms with E-state index in [0.29, 0.717) is 6.04 Å². The summed E-state index contributed by atoms with van der Waals surface area (Å²) < 4.78 is 0. The average molecular weight is 219 g/mol. The first-order chi connectivity index (χ1) is 7.68. The zero-order valence-electron chi connectivity index (χ0n) is 10.4. The van der Waals surface area contributed by atoms with Crippen molar-refractivity contribution in [3.05, 3.63) is 24.3 Å². The second-order valence-corrected chi connectivity index (χ2v) is 4.66. The summed E-state index contributed by atoms with van der Waals surface area (Å²) >= 11 is 0. The first kappa shape index (κ1) is 11.3. The van der Waals surface area contributed by atoms with Gasteiger partial charge in [-0.15, -0.1) is 0 Å². The fourth-order valence-corrected chi connectivity index (χ4v) is 2.17. The van der Waals surface area contributed by atoms with Crippen molar-refractivity contribution in [3.63, 3.8) is 0 Å². The van der Waals surface area contributed by atoms with Gasteiger partial charge in [0.25, 0.3) is 0 Å². The van der Waals surface area contributed by atoms with Gasteiger partial charge in [-0.3, -0.25) is 0 Å². The average Bonchev–Trinajstić information content (AvgIpc) is 2.30. The Morgan fingerprint density at radius 2 is 1.94 bits per heavy atom. The third-order valence-electron chi connectivity index (χ3n) is 3.20. The highest BCUT2D eigenvalue weighted by Crippen LogP contribution is 2.21. The molecule has 3 heteroatoms. The first-order valence-electron chi connectivity index (χ1n) is 5.93. The van der Waals surface area contributed by atoms with Gasteiger partial charge >= 0.3 is 0 Å². The number of nitrogens with one attached hydrogen (secondary N) is 1. The fraction of sp³-hybridized carbons (Fsp3) is 0.538. The van der Waals surface area contributed by atoms with Gasteiger partial charge in [0.2, 0.25) is 0 Å². The Balaban J connectivity index is 2.14. The van der Waals surface area contributed by atoms with Crippen LogP contribution in [0.15, 0.2) is 24.3 Å². The van der Waals surface area contributed by atoms with Crippen LogP contribution in [0.1, 0.15) is 6.92 Å². The lowest BCUT2D eigenvalue weighted by molar-refractivity contribution is 0.501. The Hall–Kier alpha value is -1.22. The number of nitrogens with zero attached hydrogens (tertiary/aromatic N) is 2. The minimum Gasteiger partial charge on any atom is -0.378 e. The van der Waals surface area contributed by atoms with E-state index < -0.39 is 0 Å². The molecule has 88 valence electrons. The van der Waals surface area contributed by atoms with Crippen molar-refractivity contribution in [2.24, 2.45) is 0 Å². The van der Waals surface area contributed by atoms with Crippen LogP contribution in [0.25, 0.3) is 0 Å². The number of hydrogen-bond acceptors (Lipinski definition) is 3. The Kier molecular flexibility index (Phi) is 3.34. The van der Waals surface area contributed by atoms with Crippen LogP contribution in [-0.4, -0.2) is 39.8 Å². The highest BCUT2D eigenvalue weighted by Gasteiger charge is 2.17. The Labute approximate surface area is 98.0 Å². The van der Waals surface area contributed by atoms with Crippen LogP contribution in [0.5, 0.6) is 0 Å². The van der Waals surface area contributed by atoms with E-state index in [1.165, 1.54) is 11.4 Å². The molecule has 16 heavy (non-hydrogen) atoms. The number of benzene rings is 1. The molecule has 1 aromatic carbocycles. The maximum absolute atomic E-state index is 3.41. The molecule has 1 aromatic rings. The molecular weight excluding hydrogens is 198 g/mol. The third kappa shape index (κ3) is 2.30. The fourth-order valence-electron chi connectivity index (χ4n) is 2.17. The zero-order chi connectivity index (χ0) is 11.5. The van der Waals surface area contributed by atoms with Crippen molar-refractivity contribution >= 4 is 11.4 Å². The molecule has 1 aliphatic rings. The first-order valence-corrected chi connectivity index (χ1v) is 5.93. The molecule has 0 bridgehead atoms. The van der Waals surface area contributed by atoms with E-state index >= 15 is 0 Å². The third-order valence-corrected chi connectivity index (χ3v) is 3.20. The van der Waals surface area contributed by atoms with Gasteiger partial charge in [0.15, 0.2) is 0 Å². The summed E-state index contributed by atoms with van der Waals surface area (Å²) in [5, 5.41) is 3.41. The van der Waals surface area contributed by atoms with Gasteiger partial charge in [0.1, 0.15) is 0 Å². The molecule has 0 aromatic heterocycles. The summed E-state index contributed by atoms with van der Waals surface area (Å²) in [6.07, 6.45) is 0. The molecule has 0 radical (unpaired) electrons. The standard InChI is InChI=1S/C13H21N3/c1-11-10-14-8-9-16(11)13-6-4-12(5-7-13)15(2)3/h4-7,11,14H,8-10H2,1-3H3. The molecule has 1 heterocycles. The molecule has 0 amide bonds. The molecule has 1 fully saturated rings. The Morgan fingerprint density at radius 3 is 2.50 bits per heavy atom. The minimum absolute atomic E-state index is 0.582. The number of rotatable bonds is 2. The summed E-state index contributed by atoms with van der Waals surface area (Å²) in [5.41, 5.74) is 2.59. The number of hydrogen-bond donors (Lipinski definition) is 1. The Bertz CT molecular complexity index is 332. The van der Waals surface area contributed by atoms with E-state index in [4.69, 9.17) is 0 Å². The summed E-state index contributed by atoms with van der Waals surface area (Å²) in [6.45, 7) is 5.53. The summed E-state index contributed by atoms with van der Waals surface area (Å²) in [4.78, 5) is 4.60. The van der Waals surface area contributed by atoms with Crippen molar-refractivity contribution in [1.29, 1.82) is 0 Å². The van der Waals surface area contributed by atoms with Gasteiger partial charge in [-0.2, -0.15) is 0 Å². The van der Waals surface area contributed by atoms with Gasteiger partial charge in [-0.25, -0.2) is 0 Å². The predicted molar refractivity (Wildman–Crippen MR) is 70.4 cm³/mol. The highest BCUT2D eigenvalue weighted by atomic mass is 15.2. The van der Waals surface area contributed by atoms with E-state index in [9.17, 15) is 0 Å². The molecule has 0 spiro atoms. The van der Waals surface area contributed by atoms with E-state index in [1.54, 1.807) is 0 Å². The van der Waals surface area contributed by atoms with Crippen LogP contribution in [-0.2, 0) is 0 Å². The molecular formula is C13H21N3. The molecule has 1 atom stereocenters. The van der Waals surface area contributed by atoms with Crippen LogP contribution < -0.4 is 15.1 Å². The topological polar surface area (TPSA) is 18.5 Å². The van der Waals surface area contributed by atoms with Crippen LogP contribution in [0.3, 0.4) is 0 Å². The summed E-state index contributed by atoms with van der Waals surface area (Å²) in [7, 11) is 4.14. The van der Waals surface area contributed by atoms with Crippen molar-refractivity contribution in [2.45, 2.75) is 13.0 Å². The molecule has 1 unspecified atom stereocenters. The molecule has 0 aliphatic carbocycles. The molecule has 1 N–H and O–H groups in total. The molecule has 1 saturated heterocycles. The van der Waals surface area contributed by atoms with E-state index in [1.807, 2.05) is 0 Å². The lowest BCUT2D eigenvalue weighted by atomic mass is 10.1. The Morgan fingerprint density at radius 1 is 1.25 bits per heavy atom. The largest absolute Gasteiger partial charge is 0.378 e. The maximum Gasteiger partial charge on any atom is 0.0386 e. The zero-order valence-corrected chi connectivity index (χ0v) is 10.4. The van der Waals surface area contributed by atoms with E-state index in [-0.39, 0.29) is 0 Å². The van der Waals surface area contributed by atoms with Crippen LogP contribution in [0, 0.1) is 0 Å². The van der Waals surface area contributed by atoms with Crippen molar-refractivity contribution in [2.75, 3.05) is 43.5 Å².